The van der Waals surface area contributed by atoms with E-state index < -0.39 is 16.4 Å². The van der Waals surface area contributed by atoms with Gasteiger partial charge in [0.1, 0.15) is 0 Å². The van der Waals surface area contributed by atoms with E-state index in [-0.39, 0.29) is 11.9 Å². The molecule has 1 N–H and O–H groups in total. The second-order valence-corrected chi connectivity index (χ2v) is 6.63. The minimum absolute atomic E-state index is 0.299. The van der Waals surface area contributed by atoms with E-state index >= 15 is 0 Å². The average Bonchev–Trinajstić information content (AvgIpc) is 2.78. The molecule has 2 unspecified atom stereocenters. The maximum absolute atomic E-state index is 12.6. The van der Waals surface area contributed by atoms with Crippen molar-refractivity contribution in [3.63, 3.8) is 0 Å². The molecular formula is C16H19N3O3. The van der Waals surface area contributed by atoms with E-state index in [1.807, 2.05) is 26.8 Å². The van der Waals surface area contributed by atoms with Crippen LogP contribution in [0.4, 0.5) is 0 Å². The summed E-state index contributed by atoms with van der Waals surface area (Å²) >= 11 is 0. The smallest absolute Gasteiger partial charge is 0.313 e. The molecule has 3 rings (SSSR count). The van der Waals surface area contributed by atoms with Crippen LogP contribution in [-0.4, -0.2) is 28.7 Å². The van der Waals surface area contributed by atoms with Gasteiger partial charge < -0.3 is 4.74 Å². The van der Waals surface area contributed by atoms with Crippen molar-refractivity contribution in [2.24, 2.45) is 15.9 Å². The fraction of sp³-hybridized carbons (Fsp3) is 0.500. The molecule has 1 saturated heterocycles. The fourth-order valence-corrected chi connectivity index (χ4v) is 3.45. The van der Waals surface area contributed by atoms with Crippen LogP contribution in [0, 0.1) is 10.8 Å². The van der Waals surface area contributed by atoms with Crippen molar-refractivity contribution < 1.29 is 14.3 Å². The van der Waals surface area contributed by atoms with Crippen LogP contribution in [-0.2, 0) is 14.3 Å². The van der Waals surface area contributed by atoms with Crippen molar-refractivity contribution in [2.45, 2.75) is 39.2 Å². The minimum atomic E-state index is -1.14. The molecule has 2 fully saturated rings. The van der Waals surface area contributed by atoms with Crippen LogP contribution in [0.2, 0.25) is 0 Å². The van der Waals surface area contributed by atoms with Crippen molar-refractivity contribution in [3.05, 3.63) is 30.1 Å². The normalized spacial score (nSPS) is 32.2. The highest BCUT2D eigenvalue weighted by Crippen LogP contribution is 2.65. The van der Waals surface area contributed by atoms with E-state index in [1.54, 1.807) is 18.3 Å². The molecule has 116 valence electrons. The molecule has 2 aliphatic rings. The van der Waals surface area contributed by atoms with Crippen molar-refractivity contribution in [1.82, 2.24) is 10.4 Å². The van der Waals surface area contributed by atoms with Gasteiger partial charge in [-0.05, 0) is 31.9 Å². The van der Waals surface area contributed by atoms with Crippen LogP contribution in [0.5, 0.6) is 0 Å². The number of hydrazone groups is 1. The van der Waals surface area contributed by atoms with Crippen LogP contribution in [0.15, 0.2) is 29.5 Å². The van der Waals surface area contributed by atoms with E-state index in [1.165, 1.54) is 6.21 Å². The van der Waals surface area contributed by atoms with E-state index in [0.717, 1.165) is 0 Å². The van der Waals surface area contributed by atoms with Gasteiger partial charge in [0, 0.05) is 11.6 Å². The molecule has 1 aromatic rings. The van der Waals surface area contributed by atoms with E-state index in [2.05, 4.69) is 15.5 Å². The molecule has 1 aliphatic carbocycles. The highest BCUT2D eigenvalue weighted by molar-refractivity contribution is 5.96. The molecule has 6 nitrogen and oxygen atoms in total. The van der Waals surface area contributed by atoms with Gasteiger partial charge in [-0.2, -0.15) is 5.10 Å². The third-order valence-corrected chi connectivity index (χ3v) is 5.50. The maximum Gasteiger partial charge on any atom is 0.313 e. The number of hydrogen-bond donors (Lipinski definition) is 1. The first kappa shape index (κ1) is 14.7. The lowest BCUT2D eigenvalue weighted by molar-refractivity contribution is -0.168. The van der Waals surface area contributed by atoms with Gasteiger partial charge in [-0.25, -0.2) is 5.43 Å². The van der Waals surface area contributed by atoms with Gasteiger partial charge in [-0.15, -0.1) is 0 Å². The molecule has 2 atom stereocenters. The standard InChI is InChI=1S/C16H19N3O3/c1-14(2)15(3)7-8-16(14,22-13(15)21)12(20)19-18-10-11-6-4-5-9-17-11/h4-6,9-10H,7-8H2,1-3H3,(H,19,20)/b18-10+. The Balaban J connectivity index is 1.78. The summed E-state index contributed by atoms with van der Waals surface area (Å²) < 4.78 is 5.49. The van der Waals surface area contributed by atoms with Gasteiger partial charge in [0.2, 0.25) is 0 Å². The number of rotatable bonds is 3. The predicted molar refractivity (Wildman–Crippen MR) is 79.9 cm³/mol. The zero-order chi connectivity index (χ0) is 16.0. The zero-order valence-electron chi connectivity index (χ0n) is 12.9. The Bertz CT molecular complexity index is 656. The lowest BCUT2D eigenvalue weighted by Crippen LogP contribution is -2.52. The first-order chi connectivity index (χ1) is 10.3. The molecule has 6 heteroatoms. The van der Waals surface area contributed by atoms with Crippen molar-refractivity contribution >= 4 is 18.1 Å². The number of pyridine rings is 1. The topological polar surface area (TPSA) is 80.7 Å². The Morgan fingerprint density at radius 3 is 2.68 bits per heavy atom. The number of amides is 1. The molecule has 0 radical (unpaired) electrons. The number of carbonyl (C=O) groups is 2. The van der Waals surface area contributed by atoms with E-state index in [9.17, 15) is 9.59 Å². The number of hydrogen-bond acceptors (Lipinski definition) is 5. The summed E-state index contributed by atoms with van der Waals surface area (Å²) in [5.41, 5.74) is 0.814. The highest BCUT2D eigenvalue weighted by Gasteiger charge is 2.75. The van der Waals surface area contributed by atoms with Gasteiger partial charge in [0.25, 0.3) is 5.91 Å². The summed E-state index contributed by atoms with van der Waals surface area (Å²) in [7, 11) is 0. The molecule has 22 heavy (non-hydrogen) atoms. The molecule has 0 spiro atoms. The van der Waals surface area contributed by atoms with E-state index in [4.69, 9.17) is 4.74 Å². The number of ether oxygens (including phenoxy) is 1. The Hall–Kier alpha value is -2.24. The lowest BCUT2D eigenvalue weighted by Gasteiger charge is -2.34. The SMILES string of the molecule is CC12CCC(C(=O)N/N=C/c3ccccn3)(OC1=O)C2(C)C. The lowest BCUT2D eigenvalue weighted by atomic mass is 9.66. The van der Waals surface area contributed by atoms with Crippen molar-refractivity contribution in [1.29, 1.82) is 0 Å². The van der Waals surface area contributed by atoms with E-state index in [0.29, 0.717) is 18.5 Å². The number of aromatic nitrogens is 1. The summed E-state index contributed by atoms with van der Waals surface area (Å²) in [5.74, 6) is -0.674. The Labute approximate surface area is 129 Å². The molecule has 1 saturated carbocycles. The quantitative estimate of drug-likeness (QED) is 0.523. The van der Waals surface area contributed by atoms with Crippen LogP contribution in [0.25, 0.3) is 0 Å². The molecular weight excluding hydrogens is 282 g/mol. The first-order valence-electron chi connectivity index (χ1n) is 7.31. The second kappa shape index (κ2) is 4.63. The third-order valence-electron chi connectivity index (χ3n) is 5.50. The number of nitrogens with one attached hydrogen (secondary N) is 1. The van der Waals surface area contributed by atoms with Crippen molar-refractivity contribution in [3.8, 4) is 0 Å². The summed E-state index contributed by atoms with van der Waals surface area (Å²) in [6.07, 6.45) is 4.28. The summed E-state index contributed by atoms with van der Waals surface area (Å²) in [6.45, 7) is 5.69. The zero-order valence-corrected chi connectivity index (χ0v) is 12.9. The van der Waals surface area contributed by atoms with Crippen LogP contribution in [0.3, 0.4) is 0 Å². The summed E-state index contributed by atoms with van der Waals surface area (Å²) in [4.78, 5) is 28.8. The average molecular weight is 301 g/mol. The molecule has 2 bridgehead atoms. The number of carbonyl (C=O) groups excluding carboxylic acids is 2. The van der Waals surface area contributed by atoms with Gasteiger partial charge in [0.15, 0.2) is 5.60 Å². The Morgan fingerprint density at radius 2 is 2.14 bits per heavy atom. The van der Waals surface area contributed by atoms with Gasteiger partial charge >= 0.3 is 5.97 Å². The third kappa shape index (κ3) is 1.73. The molecule has 2 heterocycles. The van der Waals surface area contributed by atoms with Crippen LogP contribution < -0.4 is 5.43 Å². The number of nitrogens with zero attached hydrogens (tertiary/aromatic N) is 2. The summed E-state index contributed by atoms with van der Waals surface area (Å²) in [5, 5.41) is 3.93. The Kier molecular flexibility index (Phi) is 3.09. The van der Waals surface area contributed by atoms with Gasteiger partial charge in [-0.1, -0.05) is 19.9 Å². The number of fused-ring (bicyclic) bond motifs is 2. The summed E-state index contributed by atoms with van der Waals surface area (Å²) in [6, 6.07) is 5.41. The monoisotopic (exact) mass is 301 g/mol. The van der Waals surface area contributed by atoms with Gasteiger partial charge in [-0.3, -0.25) is 14.6 Å². The minimum Gasteiger partial charge on any atom is -0.448 e. The fourth-order valence-electron chi connectivity index (χ4n) is 3.45. The molecule has 1 aromatic heterocycles. The Morgan fingerprint density at radius 1 is 1.36 bits per heavy atom. The maximum atomic E-state index is 12.6. The second-order valence-electron chi connectivity index (χ2n) is 6.63. The molecule has 0 aromatic carbocycles. The molecule has 1 amide bonds. The first-order valence-corrected chi connectivity index (χ1v) is 7.31. The number of esters is 1. The van der Waals surface area contributed by atoms with Crippen LogP contribution >= 0.6 is 0 Å². The van der Waals surface area contributed by atoms with Gasteiger partial charge in [0.05, 0.1) is 17.3 Å². The largest absolute Gasteiger partial charge is 0.448 e. The highest BCUT2D eigenvalue weighted by atomic mass is 16.6. The molecule has 1 aliphatic heterocycles. The predicted octanol–water partition coefficient (Wildman–Crippen LogP) is 1.65. The van der Waals surface area contributed by atoms with Crippen molar-refractivity contribution in [2.75, 3.05) is 0 Å². The van der Waals surface area contributed by atoms with Crippen LogP contribution in [0.1, 0.15) is 39.3 Å².